The van der Waals surface area contributed by atoms with Gasteiger partial charge in [0.05, 0.1) is 21.3 Å². The number of hydrogen-bond donors (Lipinski definition) is 0. The quantitative estimate of drug-likeness (QED) is 0.663. The Kier molecular flexibility index (Phi) is 8.06. The van der Waals surface area contributed by atoms with E-state index >= 15 is 0 Å². The summed E-state index contributed by atoms with van der Waals surface area (Å²) >= 11 is 0. The summed E-state index contributed by atoms with van der Waals surface area (Å²) in [7, 11) is 7.05. The van der Waals surface area contributed by atoms with Crippen LogP contribution < -0.4 is 14.2 Å². The highest BCUT2D eigenvalue weighted by atomic mass is 16.5. The van der Waals surface area contributed by atoms with Crippen LogP contribution in [-0.4, -0.2) is 64.4 Å². The molecule has 0 saturated heterocycles. The Balaban J connectivity index is 2.80. The van der Waals surface area contributed by atoms with Gasteiger partial charge in [-0.05, 0) is 26.2 Å². The number of likely N-dealkylation sites (N-methyl/N-ethyl adjacent to an activating group) is 2. The topological polar surface area (TPSA) is 34.2 Å². The highest BCUT2D eigenvalue weighted by molar-refractivity contribution is 5.55. The van der Waals surface area contributed by atoms with Crippen molar-refractivity contribution in [3.05, 3.63) is 17.7 Å². The van der Waals surface area contributed by atoms with Gasteiger partial charge in [0.1, 0.15) is 0 Å². The minimum atomic E-state index is 0.652. The second-order valence-electron chi connectivity index (χ2n) is 5.26. The van der Waals surface area contributed by atoms with Crippen molar-refractivity contribution in [2.24, 2.45) is 0 Å². The first kappa shape index (κ1) is 18.6. The molecule has 0 amide bonds. The molecule has 0 fully saturated rings. The average molecular weight is 310 g/mol. The van der Waals surface area contributed by atoms with Gasteiger partial charge in [0.2, 0.25) is 5.75 Å². The van der Waals surface area contributed by atoms with Crippen molar-refractivity contribution in [2.75, 3.05) is 54.6 Å². The van der Waals surface area contributed by atoms with Gasteiger partial charge in [0, 0.05) is 25.2 Å². The zero-order valence-electron chi connectivity index (χ0n) is 14.8. The fourth-order valence-corrected chi connectivity index (χ4v) is 2.51. The molecule has 0 atom stereocenters. The number of rotatable bonds is 10. The van der Waals surface area contributed by atoms with E-state index in [4.69, 9.17) is 14.2 Å². The van der Waals surface area contributed by atoms with E-state index in [9.17, 15) is 0 Å². The summed E-state index contributed by atoms with van der Waals surface area (Å²) in [6, 6.07) is 3.96. The molecule has 0 unspecified atom stereocenters. The first-order valence-electron chi connectivity index (χ1n) is 7.79. The maximum Gasteiger partial charge on any atom is 0.203 e. The zero-order chi connectivity index (χ0) is 16.5. The van der Waals surface area contributed by atoms with Crippen LogP contribution in [0.2, 0.25) is 0 Å². The van der Waals surface area contributed by atoms with Crippen LogP contribution in [0.4, 0.5) is 0 Å². The van der Waals surface area contributed by atoms with E-state index in [0.29, 0.717) is 11.5 Å². The molecule has 0 aromatic heterocycles. The van der Waals surface area contributed by atoms with Crippen LogP contribution in [0, 0.1) is 0 Å². The standard InChI is InChI=1S/C17H30N2O3/c1-7-19(8-2)12-11-18(3)13-14-9-10-15(20-4)17(22-6)16(14)21-5/h9-10H,7-8,11-13H2,1-6H3. The molecular formula is C17H30N2O3. The van der Waals surface area contributed by atoms with Gasteiger partial charge in [0.25, 0.3) is 0 Å². The van der Waals surface area contributed by atoms with Gasteiger partial charge < -0.3 is 24.0 Å². The summed E-state index contributed by atoms with van der Waals surface area (Å²) in [5.41, 5.74) is 1.10. The van der Waals surface area contributed by atoms with E-state index in [0.717, 1.165) is 44.0 Å². The fourth-order valence-electron chi connectivity index (χ4n) is 2.51. The van der Waals surface area contributed by atoms with Crippen LogP contribution in [-0.2, 0) is 6.54 Å². The molecule has 5 heteroatoms. The van der Waals surface area contributed by atoms with Crippen LogP contribution >= 0.6 is 0 Å². The Morgan fingerprint density at radius 1 is 0.864 bits per heavy atom. The van der Waals surface area contributed by atoms with Gasteiger partial charge in [-0.3, -0.25) is 0 Å². The van der Waals surface area contributed by atoms with Gasteiger partial charge in [-0.2, -0.15) is 0 Å². The third-order valence-corrected chi connectivity index (χ3v) is 3.92. The predicted molar refractivity (Wildman–Crippen MR) is 90.2 cm³/mol. The molecule has 0 radical (unpaired) electrons. The minimum Gasteiger partial charge on any atom is -0.493 e. The van der Waals surface area contributed by atoms with Crippen molar-refractivity contribution >= 4 is 0 Å². The molecule has 1 rings (SSSR count). The van der Waals surface area contributed by atoms with E-state index in [1.807, 2.05) is 12.1 Å². The first-order valence-corrected chi connectivity index (χ1v) is 7.79. The molecule has 0 heterocycles. The van der Waals surface area contributed by atoms with E-state index < -0.39 is 0 Å². The maximum absolute atomic E-state index is 5.54. The Hall–Kier alpha value is -1.46. The zero-order valence-corrected chi connectivity index (χ0v) is 14.8. The van der Waals surface area contributed by atoms with Gasteiger partial charge >= 0.3 is 0 Å². The number of ether oxygens (including phenoxy) is 3. The number of benzene rings is 1. The monoisotopic (exact) mass is 310 g/mol. The Bertz CT molecular complexity index is 448. The van der Waals surface area contributed by atoms with Crippen molar-refractivity contribution in [3.63, 3.8) is 0 Å². The van der Waals surface area contributed by atoms with E-state index in [-0.39, 0.29) is 0 Å². The lowest BCUT2D eigenvalue weighted by Crippen LogP contribution is -2.32. The van der Waals surface area contributed by atoms with Crippen molar-refractivity contribution in [3.8, 4) is 17.2 Å². The summed E-state index contributed by atoms with van der Waals surface area (Å²) < 4.78 is 16.3. The summed E-state index contributed by atoms with van der Waals surface area (Å²) in [5.74, 6) is 2.09. The highest BCUT2D eigenvalue weighted by Gasteiger charge is 2.16. The van der Waals surface area contributed by atoms with Gasteiger partial charge in [-0.15, -0.1) is 0 Å². The third kappa shape index (κ3) is 4.78. The van der Waals surface area contributed by atoms with Crippen LogP contribution in [0.3, 0.4) is 0 Å². The lowest BCUT2D eigenvalue weighted by atomic mass is 10.1. The first-order chi connectivity index (χ1) is 10.6. The lowest BCUT2D eigenvalue weighted by Gasteiger charge is -2.24. The molecule has 0 bridgehead atoms. The van der Waals surface area contributed by atoms with Crippen molar-refractivity contribution in [2.45, 2.75) is 20.4 Å². The average Bonchev–Trinajstić information content (AvgIpc) is 2.55. The molecule has 0 aliphatic rings. The molecule has 1 aromatic rings. The van der Waals surface area contributed by atoms with Crippen LogP contribution in [0.25, 0.3) is 0 Å². The normalized spacial score (nSPS) is 11.1. The molecule has 1 aromatic carbocycles. The second-order valence-corrected chi connectivity index (χ2v) is 5.26. The van der Waals surface area contributed by atoms with E-state index in [1.54, 1.807) is 21.3 Å². The molecular weight excluding hydrogens is 280 g/mol. The van der Waals surface area contributed by atoms with E-state index in [2.05, 4.69) is 30.7 Å². The molecule has 0 saturated carbocycles. The van der Waals surface area contributed by atoms with Gasteiger partial charge in [0.15, 0.2) is 11.5 Å². The van der Waals surface area contributed by atoms with Crippen LogP contribution in [0.15, 0.2) is 12.1 Å². The smallest absolute Gasteiger partial charge is 0.203 e. The number of methoxy groups -OCH3 is 3. The van der Waals surface area contributed by atoms with Crippen LogP contribution in [0.1, 0.15) is 19.4 Å². The number of hydrogen-bond acceptors (Lipinski definition) is 5. The van der Waals surface area contributed by atoms with Gasteiger partial charge in [-0.25, -0.2) is 0 Å². The number of nitrogens with zero attached hydrogens (tertiary/aromatic N) is 2. The largest absolute Gasteiger partial charge is 0.493 e. The predicted octanol–water partition coefficient (Wildman–Crippen LogP) is 2.49. The Labute approximate surface area is 134 Å². The third-order valence-electron chi connectivity index (χ3n) is 3.92. The summed E-state index contributed by atoms with van der Waals surface area (Å²) in [5, 5.41) is 0. The van der Waals surface area contributed by atoms with Gasteiger partial charge in [-0.1, -0.05) is 19.9 Å². The van der Waals surface area contributed by atoms with Crippen molar-refractivity contribution in [1.82, 2.24) is 9.80 Å². The molecule has 5 nitrogen and oxygen atoms in total. The molecule has 0 spiro atoms. The SMILES string of the molecule is CCN(CC)CCN(C)Cc1ccc(OC)c(OC)c1OC. The maximum atomic E-state index is 5.54. The lowest BCUT2D eigenvalue weighted by molar-refractivity contribution is 0.234. The Morgan fingerprint density at radius 2 is 1.50 bits per heavy atom. The molecule has 22 heavy (non-hydrogen) atoms. The van der Waals surface area contributed by atoms with E-state index in [1.165, 1.54) is 0 Å². The second kappa shape index (κ2) is 9.54. The molecule has 0 aliphatic heterocycles. The fraction of sp³-hybridized carbons (Fsp3) is 0.647. The van der Waals surface area contributed by atoms with Crippen molar-refractivity contribution < 1.29 is 14.2 Å². The Morgan fingerprint density at radius 3 is 2.00 bits per heavy atom. The van der Waals surface area contributed by atoms with Crippen LogP contribution in [0.5, 0.6) is 17.2 Å². The summed E-state index contributed by atoms with van der Waals surface area (Å²) in [6.07, 6.45) is 0. The molecule has 126 valence electrons. The summed E-state index contributed by atoms with van der Waals surface area (Å²) in [6.45, 7) is 9.46. The highest BCUT2D eigenvalue weighted by Crippen LogP contribution is 2.40. The molecule has 0 aliphatic carbocycles. The summed E-state index contributed by atoms with van der Waals surface area (Å²) in [4.78, 5) is 4.71. The van der Waals surface area contributed by atoms with Crippen molar-refractivity contribution in [1.29, 1.82) is 0 Å². The molecule has 0 N–H and O–H groups in total. The minimum absolute atomic E-state index is 0.652.